The lowest BCUT2D eigenvalue weighted by Crippen LogP contribution is -2.04. The summed E-state index contributed by atoms with van der Waals surface area (Å²) in [6.45, 7) is 0. The number of nitrogen functional groups attached to an aromatic ring is 10. The minimum absolute atomic E-state index is 0.115. The second-order valence-corrected chi connectivity index (χ2v) is 8.14. The van der Waals surface area contributed by atoms with E-state index in [-0.39, 0.29) is 22.9 Å². The lowest BCUT2D eigenvalue weighted by Gasteiger charge is -2.22. The number of phenols is 2. The van der Waals surface area contributed by atoms with Crippen LogP contribution in [0.4, 0.5) is 56.9 Å². The Labute approximate surface area is 217 Å². The summed E-state index contributed by atoms with van der Waals surface area (Å²) < 4.78 is 11.3. The fourth-order valence-corrected chi connectivity index (χ4v) is 3.02. The topological polar surface area (TPSA) is 319 Å². The predicted octanol–water partition coefficient (Wildman–Crippen LogP) is 2.19. The first-order valence-electron chi connectivity index (χ1n) is 10.8. The molecular formula is C24H30N10O4. The van der Waals surface area contributed by atoms with Crippen LogP contribution >= 0.6 is 0 Å². The van der Waals surface area contributed by atoms with Gasteiger partial charge in [0.25, 0.3) is 0 Å². The fourth-order valence-electron chi connectivity index (χ4n) is 3.02. The zero-order valence-corrected chi connectivity index (χ0v) is 20.1. The first kappa shape index (κ1) is 26.7. The van der Waals surface area contributed by atoms with Gasteiger partial charge in [-0.1, -0.05) is 0 Å². The molecular weight excluding hydrogens is 492 g/mol. The van der Waals surface area contributed by atoms with Crippen LogP contribution in [0.25, 0.3) is 0 Å². The van der Waals surface area contributed by atoms with Crippen molar-refractivity contribution in [1.82, 2.24) is 0 Å². The fraction of sp³-hybridized carbons (Fsp3) is 0. The van der Waals surface area contributed by atoms with Gasteiger partial charge in [0, 0.05) is 36.4 Å². The van der Waals surface area contributed by atoms with Gasteiger partial charge in [-0.3, -0.25) is 0 Å². The summed E-state index contributed by atoms with van der Waals surface area (Å²) in [6, 6.07) is 11.9. The molecule has 200 valence electrons. The lowest BCUT2D eigenvalue weighted by molar-refractivity contribution is 0.360. The first-order chi connectivity index (χ1) is 17.8. The number of rotatable bonds is 0. The molecule has 0 aliphatic carbocycles. The molecule has 1 aliphatic rings. The van der Waals surface area contributed by atoms with Crippen LogP contribution in [0.15, 0.2) is 48.5 Å². The van der Waals surface area contributed by atoms with Crippen molar-refractivity contribution in [2.45, 2.75) is 0 Å². The largest absolute Gasteiger partial charge is 0.506 e. The second kappa shape index (κ2) is 10.4. The zero-order valence-electron chi connectivity index (χ0n) is 20.1. The van der Waals surface area contributed by atoms with Crippen molar-refractivity contribution in [1.29, 1.82) is 0 Å². The summed E-state index contributed by atoms with van der Waals surface area (Å²) in [6.07, 6.45) is 0. The second-order valence-electron chi connectivity index (χ2n) is 8.14. The number of hydrogen-bond donors (Lipinski definition) is 12. The Kier molecular flexibility index (Phi) is 7.28. The number of anilines is 10. The number of fused-ring (bicyclic) bond motifs is 2. The molecule has 0 atom stereocenters. The summed E-state index contributed by atoms with van der Waals surface area (Å²) in [5.41, 5.74) is 58.8. The van der Waals surface area contributed by atoms with Crippen molar-refractivity contribution in [3.63, 3.8) is 0 Å². The number of hydrogen-bond acceptors (Lipinski definition) is 14. The molecule has 4 aromatic rings. The van der Waals surface area contributed by atoms with Gasteiger partial charge in [0.15, 0.2) is 23.0 Å². The number of aromatic hydroxyl groups is 2. The van der Waals surface area contributed by atoms with E-state index in [2.05, 4.69) is 0 Å². The summed E-state index contributed by atoms with van der Waals surface area (Å²) in [5, 5.41) is 17.8. The Morgan fingerprint density at radius 1 is 0.316 bits per heavy atom. The van der Waals surface area contributed by atoms with Crippen LogP contribution in [0.2, 0.25) is 0 Å². The average molecular weight is 523 g/mol. The highest BCUT2D eigenvalue weighted by Gasteiger charge is 2.21. The molecule has 0 saturated heterocycles. The van der Waals surface area contributed by atoms with E-state index in [1.54, 1.807) is 36.4 Å². The highest BCUT2D eigenvalue weighted by Crippen LogP contribution is 2.48. The van der Waals surface area contributed by atoms with E-state index in [9.17, 15) is 0 Å². The highest BCUT2D eigenvalue weighted by molar-refractivity contribution is 5.78. The summed E-state index contributed by atoms with van der Waals surface area (Å²) in [5.74, 6) is 1.76. The summed E-state index contributed by atoms with van der Waals surface area (Å²) in [4.78, 5) is 0. The predicted molar refractivity (Wildman–Crippen MR) is 153 cm³/mol. The van der Waals surface area contributed by atoms with Gasteiger partial charge in [-0.05, 0) is 12.1 Å². The summed E-state index contributed by atoms with van der Waals surface area (Å²) >= 11 is 0. The van der Waals surface area contributed by atoms with Crippen molar-refractivity contribution >= 4 is 56.9 Å². The maximum absolute atomic E-state index is 8.91. The number of nitrogens with two attached hydrogens (primary N) is 10. The molecule has 0 aromatic heterocycles. The normalized spacial score (nSPS) is 10.7. The Hall–Kier alpha value is -5.92. The summed E-state index contributed by atoms with van der Waals surface area (Å²) in [7, 11) is 0. The van der Waals surface area contributed by atoms with Gasteiger partial charge in [-0.2, -0.15) is 0 Å². The van der Waals surface area contributed by atoms with E-state index in [4.69, 9.17) is 77.0 Å². The average Bonchev–Trinajstić information content (AvgIpc) is 2.83. The highest BCUT2D eigenvalue weighted by atomic mass is 16.6. The molecule has 4 aromatic carbocycles. The van der Waals surface area contributed by atoms with E-state index >= 15 is 0 Å². The molecule has 1 heterocycles. The van der Waals surface area contributed by atoms with Crippen LogP contribution in [0, 0.1) is 0 Å². The van der Waals surface area contributed by atoms with E-state index in [1.165, 1.54) is 12.1 Å². The van der Waals surface area contributed by atoms with E-state index in [0.29, 0.717) is 68.5 Å². The van der Waals surface area contributed by atoms with E-state index < -0.39 is 0 Å². The van der Waals surface area contributed by atoms with Gasteiger partial charge in [-0.25, -0.2) is 0 Å². The first-order valence-corrected chi connectivity index (χ1v) is 10.8. The Morgan fingerprint density at radius 3 is 0.763 bits per heavy atom. The smallest absolute Gasteiger partial charge is 0.172 e. The lowest BCUT2D eigenvalue weighted by atomic mass is 10.2. The zero-order chi connectivity index (χ0) is 28.3. The minimum atomic E-state index is -0.115. The van der Waals surface area contributed by atoms with Crippen LogP contribution < -0.4 is 66.8 Å². The number of benzene rings is 4. The Morgan fingerprint density at radius 2 is 0.526 bits per heavy atom. The van der Waals surface area contributed by atoms with Crippen molar-refractivity contribution in [2.75, 3.05) is 57.3 Å². The maximum atomic E-state index is 8.91. The Bertz CT molecular complexity index is 1240. The maximum Gasteiger partial charge on any atom is 0.172 e. The molecule has 38 heavy (non-hydrogen) atoms. The van der Waals surface area contributed by atoms with Crippen LogP contribution in [0.3, 0.4) is 0 Å². The Balaban J connectivity index is 0.000000171. The molecule has 5 rings (SSSR count). The molecule has 22 N–H and O–H groups in total. The molecule has 0 amide bonds. The minimum Gasteiger partial charge on any atom is -0.506 e. The van der Waals surface area contributed by atoms with Gasteiger partial charge < -0.3 is 77.0 Å². The van der Waals surface area contributed by atoms with E-state index in [0.717, 1.165) is 0 Å². The third-order valence-corrected chi connectivity index (χ3v) is 5.20. The van der Waals surface area contributed by atoms with Gasteiger partial charge in [-0.15, -0.1) is 0 Å². The molecule has 1 aliphatic heterocycles. The van der Waals surface area contributed by atoms with Crippen LogP contribution in [0.5, 0.6) is 34.5 Å². The van der Waals surface area contributed by atoms with E-state index in [1.807, 2.05) is 0 Å². The van der Waals surface area contributed by atoms with Gasteiger partial charge in [0.1, 0.15) is 11.5 Å². The quantitative estimate of drug-likeness (QED) is 0.0787. The van der Waals surface area contributed by atoms with Crippen molar-refractivity contribution in [3.05, 3.63) is 48.5 Å². The molecule has 14 nitrogen and oxygen atoms in total. The van der Waals surface area contributed by atoms with Crippen LogP contribution in [0.1, 0.15) is 0 Å². The van der Waals surface area contributed by atoms with Crippen LogP contribution in [-0.2, 0) is 0 Å². The van der Waals surface area contributed by atoms with Gasteiger partial charge >= 0.3 is 0 Å². The monoisotopic (exact) mass is 522 g/mol. The molecule has 0 bridgehead atoms. The third-order valence-electron chi connectivity index (χ3n) is 5.20. The van der Waals surface area contributed by atoms with Crippen molar-refractivity contribution < 1.29 is 19.7 Å². The van der Waals surface area contributed by atoms with Crippen LogP contribution in [-0.4, -0.2) is 10.2 Å². The molecule has 0 spiro atoms. The third kappa shape index (κ3) is 5.83. The number of phenolic OH excluding ortho intramolecular Hbond substituents is 2. The van der Waals surface area contributed by atoms with Gasteiger partial charge in [0.2, 0.25) is 0 Å². The standard InChI is InChI=1S/C12H12N4O2.C6H10N4.C6H8N2O2/c13-5-1-9-10(2-6(5)14)18-12-4-8(16)7(15)3-11(12)17-9;7-3-1-4(8)6(10)2-5(3)9;7-3-1-5(9)4(8)2-6(3)10/h1-4H,13-16H2;1-2H,7-10H2;1-2,9-10H,7-8H2. The molecule has 14 heteroatoms. The van der Waals surface area contributed by atoms with Gasteiger partial charge in [0.05, 0.1) is 56.9 Å². The molecule has 0 unspecified atom stereocenters. The molecule has 0 radical (unpaired) electrons. The van der Waals surface area contributed by atoms with Crippen molar-refractivity contribution in [2.24, 2.45) is 0 Å². The SMILES string of the molecule is Nc1cc(N)c(N)cc1N.Nc1cc(O)c(N)cc1O.Nc1cc2c(cc1N)Oc1cc(N)c(N)cc1O2. The molecule has 0 saturated carbocycles. The molecule has 0 fully saturated rings. The number of ether oxygens (including phenoxy) is 2. The van der Waals surface area contributed by atoms with Crippen molar-refractivity contribution in [3.8, 4) is 34.5 Å².